The zero-order valence-electron chi connectivity index (χ0n) is 13.0. The van der Waals surface area contributed by atoms with Crippen LogP contribution in [0.15, 0.2) is 42.7 Å². The second kappa shape index (κ2) is 6.75. The van der Waals surface area contributed by atoms with Gasteiger partial charge in [-0.3, -0.25) is 14.7 Å². The van der Waals surface area contributed by atoms with Crippen molar-refractivity contribution >= 4 is 32.6 Å². The zero-order chi connectivity index (χ0) is 16.2. The van der Waals surface area contributed by atoms with Crippen LogP contribution in [-0.2, 0) is 11.3 Å². The number of benzene rings is 1. The molecule has 0 saturated carbocycles. The van der Waals surface area contributed by atoms with E-state index in [0.29, 0.717) is 18.3 Å². The van der Waals surface area contributed by atoms with Gasteiger partial charge in [0, 0.05) is 19.3 Å². The summed E-state index contributed by atoms with van der Waals surface area (Å²) in [4.78, 5) is 22.3. The molecule has 2 aromatic heterocycles. The van der Waals surface area contributed by atoms with Crippen LogP contribution >= 0.6 is 11.3 Å². The maximum absolute atomic E-state index is 12.0. The lowest BCUT2D eigenvalue weighted by molar-refractivity contribution is -0.116. The molecule has 0 saturated heterocycles. The van der Waals surface area contributed by atoms with Crippen LogP contribution in [-0.4, -0.2) is 22.5 Å². The normalized spacial score (nSPS) is 10.7. The first kappa shape index (κ1) is 15.4. The number of pyridine rings is 1. The monoisotopic (exact) mass is 327 g/mol. The molecule has 5 nitrogen and oxygen atoms in total. The van der Waals surface area contributed by atoms with E-state index in [1.165, 1.54) is 11.3 Å². The van der Waals surface area contributed by atoms with Crippen molar-refractivity contribution in [3.63, 3.8) is 0 Å². The lowest BCUT2D eigenvalue weighted by atomic mass is 10.2. The van der Waals surface area contributed by atoms with Crippen molar-refractivity contribution < 1.29 is 9.53 Å². The van der Waals surface area contributed by atoms with E-state index >= 15 is 0 Å². The molecular weight excluding hydrogens is 310 g/mol. The van der Waals surface area contributed by atoms with Gasteiger partial charge >= 0.3 is 0 Å². The Kier molecular flexibility index (Phi) is 4.52. The smallest absolute Gasteiger partial charge is 0.225 e. The van der Waals surface area contributed by atoms with Gasteiger partial charge in [-0.05, 0) is 42.8 Å². The first-order valence-corrected chi connectivity index (χ1v) is 8.19. The average Bonchev–Trinajstić information content (AvgIpc) is 2.96. The van der Waals surface area contributed by atoms with Gasteiger partial charge in [-0.15, -0.1) is 0 Å². The van der Waals surface area contributed by atoms with Gasteiger partial charge in [0.25, 0.3) is 0 Å². The number of hydrogen-bond donors (Lipinski definition) is 0. The van der Waals surface area contributed by atoms with E-state index in [0.717, 1.165) is 21.5 Å². The maximum atomic E-state index is 12.0. The summed E-state index contributed by atoms with van der Waals surface area (Å²) in [5, 5.41) is 0.693. The average molecular weight is 327 g/mol. The van der Waals surface area contributed by atoms with Gasteiger partial charge in [0.2, 0.25) is 5.91 Å². The van der Waals surface area contributed by atoms with Crippen LogP contribution in [0.5, 0.6) is 5.75 Å². The molecule has 0 aliphatic carbocycles. The highest BCUT2D eigenvalue weighted by Gasteiger charge is 2.17. The summed E-state index contributed by atoms with van der Waals surface area (Å²) >= 11 is 1.49. The lowest BCUT2D eigenvalue weighted by Crippen LogP contribution is -2.27. The van der Waals surface area contributed by atoms with Crippen LogP contribution in [0.1, 0.15) is 19.4 Å². The quantitative estimate of drug-likeness (QED) is 0.718. The largest absolute Gasteiger partial charge is 0.494 e. The Morgan fingerprint density at radius 2 is 2.04 bits per heavy atom. The van der Waals surface area contributed by atoms with Crippen LogP contribution in [0.2, 0.25) is 0 Å². The SMILES string of the molecule is CCOc1ccc2nc(N(Cc3ccncc3)C(C)=O)sc2c1. The summed E-state index contributed by atoms with van der Waals surface area (Å²) in [6.45, 7) is 4.61. The van der Waals surface area contributed by atoms with Gasteiger partial charge in [-0.25, -0.2) is 4.98 Å². The second-order valence-corrected chi connectivity index (χ2v) is 6.03. The molecule has 3 aromatic rings. The van der Waals surface area contributed by atoms with Crippen LogP contribution in [0.25, 0.3) is 10.2 Å². The van der Waals surface area contributed by atoms with Crippen LogP contribution in [0.4, 0.5) is 5.13 Å². The molecule has 0 bridgehead atoms. The van der Waals surface area contributed by atoms with E-state index in [1.807, 2.05) is 37.3 Å². The van der Waals surface area contributed by atoms with Gasteiger partial charge in [0.1, 0.15) is 5.75 Å². The number of thiazole rings is 1. The summed E-state index contributed by atoms with van der Waals surface area (Å²) in [6.07, 6.45) is 3.45. The Balaban J connectivity index is 1.93. The predicted molar refractivity (Wildman–Crippen MR) is 91.9 cm³/mol. The number of fused-ring (bicyclic) bond motifs is 1. The third-order valence-electron chi connectivity index (χ3n) is 3.36. The lowest BCUT2D eigenvalue weighted by Gasteiger charge is -2.17. The first-order valence-electron chi connectivity index (χ1n) is 7.37. The minimum absolute atomic E-state index is 0.0362. The Bertz CT molecular complexity index is 817. The second-order valence-electron chi connectivity index (χ2n) is 5.02. The minimum atomic E-state index is -0.0362. The van der Waals surface area contributed by atoms with Crippen molar-refractivity contribution in [3.8, 4) is 5.75 Å². The zero-order valence-corrected chi connectivity index (χ0v) is 13.8. The van der Waals surface area contributed by atoms with Crippen molar-refractivity contribution in [2.45, 2.75) is 20.4 Å². The van der Waals surface area contributed by atoms with Gasteiger partial charge < -0.3 is 4.74 Å². The summed E-state index contributed by atoms with van der Waals surface area (Å²) in [5.74, 6) is 0.782. The molecule has 0 spiro atoms. The third-order valence-corrected chi connectivity index (χ3v) is 4.40. The van der Waals surface area contributed by atoms with Crippen molar-refractivity contribution in [1.82, 2.24) is 9.97 Å². The van der Waals surface area contributed by atoms with E-state index in [4.69, 9.17) is 4.74 Å². The summed E-state index contributed by atoms with van der Waals surface area (Å²) in [6, 6.07) is 9.58. The molecule has 0 radical (unpaired) electrons. The van der Waals surface area contributed by atoms with E-state index in [-0.39, 0.29) is 5.91 Å². The van der Waals surface area contributed by atoms with Crippen molar-refractivity contribution in [2.24, 2.45) is 0 Å². The highest BCUT2D eigenvalue weighted by atomic mass is 32.1. The van der Waals surface area contributed by atoms with Gasteiger partial charge in [-0.2, -0.15) is 0 Å². The Labute approximate surface area is 138 Å². The molecule has 2 heterocycles. The molecule has 0 N–H and O–H groups in total. The number of carbonyl (C=O) groups excluding carboxylic acids is 1. The fourth-order valence-electron chi connectivity index (χ4n) is 2.25. The molecular formula is C17H17N3O2S. The number of aromatic nitrogens is 2. The number of rotatable bonds is 5. The fourth-order valence-corrected chi connectivity index (χ4v) is 3.29. The van der Waals surface area contributed by atoms with Crippen LogP contribution < -0.4 is 9.64 Å². The summed E-state index contributed by atoms with van der Waals surface area (Å²) < 4.78 is 6.52. The van der Waals surface area contributed by atoms with E-state index in [1.54, 1.807) is 24.2 Å². The Hall–Kier alpha value is -2.47. The molecule has 0 aliphatic rings. The molecule has 118 valence electrons. The molecule has 23 heavy (non-hydrogen) atoms. The molecule has 3 rings (SSSR count). The predicted octanol–water partition coefficient (Wildman–Crippen LogP) is 3.64. The van der Waals surface area contributed by atoms with Gasteiger partial charge in [0.05, 0.1) is 23.4 Å². The summed E-state index contributed by atoms with van der Waals surface area (Å²) in [7, 11) is 0. The minimum Gasteiger partial charge on any atom is -0.494 e. The number of carbonyl (C=O) groups is 1. The van der Waals surface area contributed by atoms with Gasteiger partial charge in [-0.1, -0.05) is 11.3 Å². The number of ether oxygens (including phenoxy) is 1. The van der Waals surface area contributed by atoms with E-state index < -0.39 is 0 Å². The van der Waals surface area contributed by atoms with E-state index in [2.05, 4.69) is 9.97 Å². The molecule has 0 aliphatic heterocycles. The fraction of sp³-hybridized carbons (Fsp3) is 0.235. The molecule has 6 heteroatoms. The highest BCUT2D eigenvalue weighted by Crippen LogP contribution is 2.32. The molecule has 0 atom stereocenters. The number of amides is 1. The number of anilines is 1. The Morgan fingerprint density at radius 1 is 1.26 bits per heavy atom. The van der Waals surface area contributed by atoms with Gasteiger partial charge in [0.15, 0.2) is 5.13 Å². The first-order chi connectivity index (χ1) is 11.2. The topological polar surface area (TPSA) is 55.3 Å². The molecule has 1 amide bonds. The van der Waals surface area contributed by atoms with E-state index in [9.17, 15) is 4.79 Å². The number of hydrogen-bond acceptors (Lipinski definition) is 5. The van der Waals surface area contributed by atoms with Crippen LogP contribution in [0, 0.1) is 0 Å². The molecule has 1 aromatic carbocycles. The third kappa shape index (κ3) is 3.48. The van der Waals surface area contributed by atoms with Crippen molar-refractivity contribution in [2.75, 3.05) is 11.5 Å². The maximum Gasteiger partial charge on any atom is 0.225 e. The standard InChI is InChI=1S/C17H17N3O2S/c1-3-22-14-4-5-15-16(10-14)23-17(19-15)20(12(2)21)11-13-6-8-18-9-7-13/h4-10H,3,11H2,1-2H3. The molecule has 0 fully saturated rings. The Morgan fingerprint density at radius 3 is 2.74 bits per heavy atom. The number of nitrogens with zero attached hydrogens (tertiary/aromatic N) is 3. The van der Waals surface area contributed by atoms with Crippen LogP contribution in [0.3, 0.4) is 0 Å². The highest BCUT2D eigenvalue weighted by molar-refractivity contribution is 7.22. The van der Waals surface area contributed by atoms with Crippen molar-refractivity contribution in [1.29, 1.82) is 0 Å². The van der Waals surface area contributed by atoms with Crippen molar-refractivity contribution in [3.05, 3.63) is 48.3 Å². The molecule has 0 unspecified atom stereocenters. The summed E-state index contributed by atoms with van der Waals surface area (Å²) in [5.41, 5.74) is 1.89.